The molecule has 0 saturated heterocycles. The van der Waals surface area contributed by atoms with Gasteiger partial charge in [-0.15, -0.1) is 11.3 Å². The second-order valence-electron chi connectivity index (χ2n) is 7.13. The van der Waals surface area contributed by atoms with Gasteiger partial charge < -0.3 is 10.1 Å². The van der Waals surface area contributed by atoms with Crippen molar-refractivity contribution >= 4 is 33.1 Å². The number of thiazole rings is 1. The first-order valence-corrected chi connectivity index (χ1v) is 10.9. The molecule has 4 nitrogen and oxygen atoms in total. The van der Waals surface area contributed by atoms with Gasteiger partial charge in [0.25, 0.3) is 0 Å². The molecule has 0 aliphatic rings. The third-order valence-corrected chi connectivity index (χ3v) is 6.32. The molecule has 1 N–H and O–H groups in total. The van der Waals surface area contributed by atoms with Crippen LogP contribution in [-0.4, -0.2) is 18.0 Å². The van der Waals surface area contributed by atoms with Gasteiger partial charge in [0.05, 0.1) is 23.2 Å². The molecule has 4 aromatic rings. The molecule has 1 heterocycles. The highest BCUT2D eigenvalue weighted by Gasteiger charge is 2.26. The highest BCUT2D eigenvalue weighted by molar-refractivity contribution is 7.18. The Morgan fingerprint density at radius 3 is 2.50 bits per heavy atom. The van der Waals surface area contributed by atoms with Crippen LogP contribution in [0.1, 0.15) is 29.0 Å². The number of para-hydroxylation sites is 2. The van der Waals surface area contributed by atoms with Crippen LogP contribution < -0.4 is 10.1 Å². The summed E-state index contributed by atoms with van der Waals surface area (Å²) < 4.78 is 6.60. The number of rotatable bonds is 7. The molecule has 0 saturated carbocycles. The smallest absolute Gasteiger partial charge is 0.234 e. The van der Waals surface area contributed by atoms with Gasteiger partial charge in [-0.3, -0.25) is 4.79 Å². The van der Waals surface area contributed by atoms with E-state index in [-0.39, 0.29) is 5.91 Å². The van der Waals surface area contributed by atoms with Crippen molar-refractivity contribution in [3.8, 4) is 5.75 Å². The van der Waals surface area contributed by atoms with E-state index >= 15 is 0 Å². The standard InChI is InChI=1S/C25H24N2O2S/c1-3-17-12-14-19(15-13-17)26-24(28)20(16-18-8-4-6-10-22(18)29-2)25-27-21-9-5-7-11-23(21)30-25/h4-15,20H,3,16H2,1-2H3,(H,26,28)/t20-/m1/s1. The number of hydrogen-bond acceptors (Lipinski definition) is 4. The topological polar surface area (TPSA) is 51.2 Å². The van der Waals surface area contributed by atoms with E-state index in [4.69, 9.17) is 9.72 Å². The van der Waals surface area contributed by atoms with Crippen LogP contribution in [0, 0.1) is 0 Å². The van der Waals surface area contributed by atoms with Crippen LogP contribution in [0.25, 0.3) is 10.2 Å². The molecule has 1 aromatic heterocycles. The van der Waals surface area contributed by atoms with Gasteiger partial charge in [-0.25, -0.2) is 4.98 Å². The highest BCUT2D eigenvalue weighted by Crippen LogP contribution is 2.33. The molecule has 0 unspecified atom stereocenters. The first kappa shape index (κ1) is 20.1. The molecule has 5 heteroatoms. The van der Waals surface area contributed by atoms with E-state index in [1.807, 2.05) is 72.8 Å². The molecule has 0 aliphatic carbocycles. The van der Waals surface area contributed by atoms with Crippen LogP contribution >= 0.6 is 11.3 Å². The summed E-state index contributed by atoms with van der Waals surface area (Å²) in [5.74, 6) is 0.303. The summed E-state index contributed by atoms with van der Waals surface area (Å²) in [4.78, 5) is 18.1. The highest BCUT2D eigenvalue weighted by atomic mass is 32.1. The number of anilines is 1. The maximum absolute atomic E-state index is 13.4. The number of carbonyl (C=O) groups is 1. The molecular formula is C25H24N2O2S. The summed E-state index contributed by atoms with van der Waals surface area (Å²) in [6.07, 6.45) is 1.49. The fourth-order valence-corrected chi connectivity index (χ4v) is 4.54. The number of nitrogens with zero attached hydrogens (tertiary/aromatic N) is 1. The van der Waals surface area contributed by atoms with Crippen molar-refractivity contribution in [2.24, 2.45) is 0 Å². The van der Waals surface area contributed by atoms with Crippen LogP contribution in [0.3, 0.4) is 0 Å². The van der Waals surface area contributed by atoms with Crippen molar-refractivity contribution in [3.05, 3.63) is 88.9 Å². The van der Waals surface area contributed by atoms with Gasteiger partial charge in [-0.05, 0) is 54.3 Å². The summed E-state index contributed by atoms with van der Waals surface area (Å²) in [5.41, 5.74) is 3.94. The number of hydrogen-bond donors (Lipinski definition) is 1. The predicted molar refractivity (Wildman–Crippen MR) is 124 cm³/mol. The fraction of sp³-hybridized carbons (Fsp3) is 0.200. The zero-order chi connectivity index (χ0) is 20.9. The number of aryl methyl sites for hydroxylation is 1. The molecule has 152 valence electrons. The van der Waals surface area contributed by atoms with Crippen LogP contribution in [0.4, 0.5) is 5.69 Å². The largest absolute Gasteiger partial charge is 0.496 e. The first-order valence-electron chi connectivity index (χ1n) is 10.0. The third kappa shape index (κ3) is 4.36. The number of carbonyl (C=O) groups excluding carboxylic acids is 1. The average Bonchev–Trinajstić information content (AvgIpc) is 3.22. The zero-order valence-electron chi connectivity index (χ0n) is 17.1. The van der Waals surface area contributed by atoms with Crippen molar-refractivity contribution < 1.29 is 9.53 Å². The van der Waals surface area contributed by atoms with E-state index in [0.717, 1.165) is 38.6 Å². The number of fused-ring (bicyclic) bond motifs is 1. The molecule has 0 fully saturated rings. The summed E-state index contributed by atoms with van der Waals surface area (Å²) in [6, 6.07) is 23.8. The molecule has 4 rings (SSSR count). The van der Waals surface area contributed by atoms with Gasteiger partial charge in [-0.2, -0.15) is 0 Å². The van der Waals surface area contributed by atoms with Crippen molar-refractivity contribution in [1.29, 1.82) is 0 Å². The van der Waals surface area contributed by atoms with E-state index in [9.17, 15) is 4.79 Å². The molecule has 0 bridgehead atoms. The summed E-state index contributed by atoms with van der Waals surface area (Å²) in [7, 11) is 1.65. The lowest BCUT2D eigenvalue weighted by Gasteiger charge is -2.17. The van der Waals surface area contributed by atoms with E-state index in [1.165, 1.54) is 5.56 Å². The van der Waals surface area contributed by atoms with Crippen molar-refractivity contribution in [1.82, 2.24) is 4.98 Å². The Labute approximate surface area is 180 Å². The van der Waals surface area contributed by atoms with Crippen molar-refractivity contribution in [2.75, 3.05) is 12.4 Å². The van der Waals surface area contributed by atoms with Crippen molar-refractivity contribution in [3.63, 3.8) is 0 Å². The Kier molecular flexibility index (Phi) is 6.10. The Hall–Kier alpha value is -3.18. The molecule has 3 aromatic carbocycles. The average molecular weight is 417 g/mol. The van der Waals surface area contributed by atoms with Gasteiger partial charge in [0.15, 0.2) is 0 Å². The number of nitrogens with one attached hydrogen (secondary N) is 1. The SMILES string of the molecule is CCc1ccc(NC(=O)[C@@H](Cc2ccccc2OC)c2nc3ccccc3s2)cc1. The van der Waals surface area contributed by atoms with Gasteiger partial charge in [0.2, 0.25) is 5.91 Å². The van der Waals surface area contributed by atoms with Gasteiger partial charge in [0, 0.05) is 5.69 Å². The second kappa shape index (κ2) is 9.09. The lowest BCUT2D eigenvalue weighted by Crippen LogP contribution is -2.23. The molecular weight excluding hydrogens is 392 g/mol. The van der Waals surface area contributed by atoms with Crippen molar-refractivity contribution in [2.45, 2.75) is 25.7 Å². The van der Waals surface area contributed by atoms with Crippen LogP contribution in [0.2, 0.25) is 0 Å². The predicted octanol–water partition coefficient (Wildman–Crippen LogP) is 5.83. The van der Waals surface area contributed by atoms with E-state index in [1.54, 1.807) is 18.4 Å². The number of methoxy groups -OCH3 is 1. The summed E-state index contributed by atoms with van der Waals surface area (Å²) in [5, 5.41) is 3.89. The van der Waals surface area contributed by atoms with Gasteiger partial charge >= 0.3 is 0 Å². The van der Waals surface area contributed by atoms with E-state index in [0.29, 0.717) is 6.42 Å². The monoisotopic (exact) mass is 416 g/mol. The van der Waals surface area contributed by atoms with Crippen LogP contribution in [0.5, 0.6) is 5.75 Å². The lowest BCUT2D eigenvalue weighted by atomic mass is 9.98. The Morgan fingerprint density at radius 2 is 1.77 bits per heavy atom. The Bertz CT molecular complexity index is 1120. The van der Waals surface area contributed by atoms with Gasteiger partial charge in [0.1, 0.15) is 10.8 Å². The molecule has 0 spiro atoms. The molecule has 1 amide bonds. The second-order valence-corrected chi connectivity index (χ2v) is 8.19. The maximum atomic E-state index is 13.4. The minimum Gasteiger partial charge on any atom is -0.496 e. The minimum atomic E-state index is -0.412. The molecule has 1 atom stereocenters. The number of amides is 1. The number of aromatic nitrogens is 1. The normalized spacial score (nSPS) is 11.9. The summed E-state index contributed by atoms with van der Waals surface area (Å²) in [6.45, 7) is 2.12. The summed E-state index contributed by atoms with van der Waals surface area (Å²) >= 11 is 1.57. The van der Waals surface area contributed by atoms with E-state index < -0.39 is 5.92 Å². The molecule has 30 heavy (non-hydrogen) atoms. The van der Waals surface area contributed by atoms with Gasteiger partial charge in [-0.1, -0.05) is 49.4 Å². The fourth-order valence-electron chi connectivity index (χ4n) is 3.48. The molecule has 0 radical (unpaired) electrons. The lowest BCUT2D eigenvalue weighted by molar-refractivity contribution is -0.117. The minimum absolute atomic E-state index is 0.0655. The van der Waals surface area contributed by atoms with E-state index in [2.05, 4.69) is 12.2 Å². The quantitative estimate of drug-likeness (QED) is 0.412. The Morgan fingerprint density at radius 1 is 1.03 bits per heavy atom. The number of ether oxygens (including phenoxy) is 1. The first-order chi connectivity index (χ1) is 14.7. The number of benzene rings is 3. The Balaban J connectivity index is 1.67. The maximum Gasteiger partial charge on any atom is 0.234 e. The van der Waals surface area contributed by atoms with Crippen LogP contribution in [-0.2, 0) is 17.6 Å². The third-order valence-electron chi connectivity index (χ3n) is 5.17. The molecule has 0 aliphatic heterocycles. The zero-order valence-corrected chi connectivity index (χ0v) is 17.9. The van der Waals surface area contributed by atoms with Crippen LogP contribution in [0.15, 0.2) is 72.8 Å².